The predicted octanol–water partition coefficient (Wildman–Crippen LogP) is 3.23. The van der Waals surface area contributed by atoms with Crippen LogP contribution in [0.25, 0.3) is 0 Å². The highest BCUT2D eigenvalue weighted by atomic mass is 16.5. The summed E-state index contributed by atoms with van der Waals surface area (Å²) in [4.78, 5) is 0. The molecule has 2 aliphatic carbocycles. The summed E-state index contributed by atoms with van der Waals surface area (Å²) in [6.07, 6.45) is 5.81. The van der Waals surface area contributed by atoms with E-state index in [9.17, 15) is 0 Å². The largest absolute Gasteiger partial charge is 0.385 e. The zero-order valence-corrected chi connectivity index (χ0v) is 14.0. The van der Waals surface area contributed by atoms with Crippen molar-refractivity contribution in [3.05, 3.63) is 0 Å². The predicted molar refractivity (Wildman–Crippen MR) is 82.9 cm³/mol. The second kappa shape index (κ2) is 6.33. The topological polar surface area (TPSA) is 30.5 Å². The van der Waals surface area contributed by atoms with Gasteiger partial charge in [-0.2, -0.15) is 0 Å². The lowest BCUT2D eigenvalue weighted by molar-refractivity contribution is -0.0791. The van der Waals surface area contributed by atoms with Crippen molar-refractivity contribution in [2.75, 3.05) is 26.8 Å². The second-order valence-corrected chi connectivity index (χ2v) is 7.60. The third-order valence-electron chi connectivity index (χ3n) is 6.24. The van der Waals surface area contributed by atoms with Gasteiger partial charge in [-0.05, 0) is 55.9 Å². The Labute approximate surface area is 124 Å². The van der Waals surface area contributed by atoms with Gasteiger partial charge in [0.15, 0.2) is 0 Å². The molecule has 2 bridgehead atoms. The van der Waals surface area contributed by atoms with E-state index in [4.69, 9.17) is 9.47 Å². The number of ether oxygens (including phenoxy) is 2. The van der Waals surface area contributed by atoms with Crippen LogP contribution >= 0.6 is 0 Å². The van der Waals surface area contributed by atoms with Crippen molar-refractivity contribution < 1.29 is 9.47 Å². The van der Waals surface area contributed by atoms with E-state index in [2.05, 4.69) is 33.0 Å². The normalized spacial score (nSPS) is 36.5. The van der Waals surface area contributed by atoms with Crippen LogP contribution in [0, 0.1) is 16.7 Å². The van der Waals surface area contributed by atoms with Crippen LogP contribution in [0.3, 0.4) is 0 Å². The summed E-state index contributed by atoms with van der Waals surface area (Å²) in [5, 5.41) is 3.47. The lowest BCUT2D eigenvalue weighted by Crippen LogP contribution is -2.40. The second-order valence-electron chi connectivity index (χ2n) is 7.60. The molecule has 1 N–H and O–H groups in total. The lowest BCUT2D eigenvalue weighted by atomic mass is 9.70. The summed E-state index contributed by atoms with van der Waals surface area (Å²) >= 11 is 0. The number of hydrogen-bond donors (Lipinski definition) is 1. The zero-order chi connectivity index (χ0) is 14.8. The smallest absolute Gasteiger partial charge is 0.0675 e. The van der Waals surface area contributed by atoms with Crippen LogP contribution in [0.1, 0.15) is 53.4 Å². The van der Waals surface area contributed by atoms with Gasteiger partial charge < -0.3 is 14.8 Å². The quantitative estimate of drug-likeness (QED) is 0.694. The fourth-order valence-corrected chi connectivity index (χ4v) is 4.31. The van der Waals surface area contributed by atoms with E-state index < -0.39 is 0 Å². The van der Waals surface area contributed by atoms with Crippen molar-refractivity contribution in [2.45, 2.75) is 65.6 Å². The molecule has 2 rings (SSSR count). The molecule has 0 aliphatic heterocycles. The molecule has 0 heterocycles. The van der Waals surface area contributed by atoms with Crippen LogP contribution in [-0.4, -0.2) is 39.0 Å². The highest BCUT2D eigenvalue weighted by Crippen LogP contribution is 2.66. The van der Waals surface area contributed by atoms with Crippen molar-refractivity contribution in [1.29, 1.82) is 0 Å². The number of fused-ring (bicyclic) bond motifs is 2. The summed E-state index contributed by atoms with van der Waals surface area (Å²) in [6, 6.07) is 0. The third-order valence-corrected chi connectivity index (χ3v) is 6.24. The fourth-order valence-electron chi connectivity index (χ4n) is 4.31. The maximum absolute atomic E-state index is 6.40. The average molecular weight is 283 g/mol. The van der Waals surface area contributed by atoms with Gasteiger partial charge in [-0.1, -0.05) is 20.8 Å². The van der Waals surface area contributed by atoms with Gasteiger partial charge in [-0.25, -0.2) is 0 Å². The zero-order valence-electron chi connectivity index (χ0n) is 14.0. The third kappa shape index (κ3) is 2.90. The first-order chi connectivity index (χ1) is 9.41. The molecule has 0 aromatic rings. The molecule has 0 radical (unpaired) electrons. The number of rotatable bonds is 8. The first-order valence-electron chi connectivity index (χ1n) is 8.27. The van der Waals surface area contributed by atoms with Gasteiger partial charge in [0.2, 0.25) is 0 Å². The Kier molecular flexibility index (Phi) is 5.14. The minimum atomic E-state index is 0.300. The molecule has 3 nitrogen and oxygen atoms in total. The Morgan fingerprint density at radius 1 is 1.30 bits per heavy atom. The van der Waals surface area contributed by atoms with E-state index in [0.717, 1.165) is 32.0 Å². The monoisotopic (exact) mass is 283 g/mol. The van der Waals surface area contributed by atoms with Crippen LogP contribution in [-0.2, 0) is 9.47 Å². The Bertz CT molecular complexity index is 318. The van der Waals surface area contributed by atoms with E-state index in [1.165, 1.54) is 19.3 Å². The molecule has 3 heteroatoms. The van der Waals surface area contributed by atoms with Crippen LogP contribution in [0.2, 0.25) is 0 Å². The highest BCUT2D eigenvalue weighted by molar-refractivity contribution is 5.11. The highest BCUT2D eigenvalue weighted by Gasteiger charge is 2.62. The summed E-state index contributed by atoms with van der Waals surface area (Å²) in [5.41, 5.74) is 0.825. The molecular formula is C17H33NO2. The Morgan fingerprint density at radius 3 is 2.60 bits per heavy atom. The molecule has 0 spiro atoms. The molecule has 0 aromatic heterocycles. The van der Waals surface area contributed by atoms with E-state index in [0.29, 0.717) is 23.0 Å². The summed E-state index contributed by atoms with van der Waals surface area (Å²) in [6.45, 7) is 12.3. The fraction of sp³-hybridized carbons (Fsp3) is 1.00. The van der Waals surface area contributed by atoms with Gasteiger partial charge in [-0.15, -0.1) is 0 Å². The summed E-state index contributed by atoms with van der Waals surface area (Å²) in [7, 11) is 1.75. The molecular weight excluding hydrogens is 250 g/mol. The van der Waals surface area contributed by atoms with Crippen LogP contribution in [0.15, 0.2) is 0 Å². The maximum atomic E-state index is 6.40. The van der Waals surface area contributed by atoms with E-state index in [1.54, 1.807) is 7.11 Å². The van der Waals surface area contributed by atoms with Crippen LogP contribution in [0.4, 0.5) is 0 Å². The molecule has 2 fully saturated rings. The Balaban J connectivity index is 1.74. The van der Waals surface area contributed by atoms with Gasteiger partial charge in [0.1, 0.15) is 0 Å². The van der Waals surface area contributed by atoms with Crippen LogP contribution in [0.5, 0.6) is 0 Å². The molecule has 2 saturated carbocycles. The molecule has 4 unspecified atom stereocenters. The lowest BCUT2D eigenvalue weighted by Gasteiger charge is -2.40. The van der Waals surface area contributed by atoms with Crippen LogP contribution < -0.4 is 5.32 Å². The van der Waals surface area contributed by atoms with Gasteiger partial charge >= 0.3 is 0 Å². The number of methoxy groups -OCH3 is 1. The van der Waals surface area contributed by atoms with Gasteiger partial charge in [-0.3, -0.25) is 0 Å². The summed E-state index contributed by atoms with van der Waals surface area (Å²) in [5.74, 6) is 0.861. The molecule has 0 aromatic carbocycles. The number of hydrogen-bond acceptors (Lipinski definition) is 3. The molecule has 2 aliphatic rings. The Hall–Kier alpha value is -0.120. The number of nitrogens with one attached hydrogen (secondary N) is 1. The van der Waals surface area contributed by atoms with Crippen molar-refractivity contribution in [3.63, 3.8) is 0 Å². The molecule has 4 atom stereocenters. The molecule has 0 amide bonds. The standard InChI is InChI=1S/C17H33NO2/c1-13(12-18-9-6-10-19-5)20-15-11-14-7-8-17(15,4)16(14,2)3/h13-15,18H,6-12H2,1-5H3. The average Bonchev–Trinajstić information content (AvgIpc) is 2.71. The van der Waals surface area contributed by atoms with Gasteiger partial charge in [0.25, 0.3) is 0 Å². The Morgan fingerprint density at radius 2 is 2.05 bits per heavy atom. The van der Waals surface area contributed by atoms with E-state index >= 15 is 0 Å². The first kappa shape index (κ1) is 16.3. The van der Waals surface area contributed by atoms with E-state index in [-0.39, 0.29) is 0 Å². The minimum Gasteiger partial charge on any atom is -0.385 e. The molecule has 118 valence electrons. The van der Waals surface area contributed by atoms with E-state index in [1.807, 2.05) is 0 Å². The minimum absolute atomic E-state index is 0.300. The van der Waals surface area contributed by atoms with Crippen molar-refractivity contribution in [1.82, 2.24) is 5.32 Å². The van der Waals surface area contributed by atoms with Crippen molar-refractivity contribution in [3.8, 4) is 0 Å². The first-order valence-corrected chi connectivity index (χ1v) is 8.27. The summed E-state index contributed by atoms with van der Waals surface area (Å²) < 4.78 is 11.5. The van der Waals surface area contributed by atoms with Crippen molar-refractivity contribution >= 4 is 0 Å². The molecule has 20 heavy (non-hydrogen) atoms. The maximum Gasteiger partial charge on any atom is 0.0675 e. The SMILES string of the molecule is COCCCNCC(C)OC1CC2CCC1(C)C2(C)C. The van der Waals surface area contributed by atoms with Gasteiger partial charge in [0, 0.05) is 20.3 Å². The molecule has 0 saturated heterocycles. The van der Waals surface area contributed by atoms with Crippen molar-refractivity contribution in [2.24, 2.45) is 16.7 Å². The van der Waals surface area contributed by atoms with Gasteiger partial charge in [0.05, 0.1) is 12.2 Å².